The molecule has 1 heterocycles. The minimum atomic E-state index is 0.699. The van der Waals surface area contributed by atoms with Crippen molar-refractivity contribution in [1.82, 2.24) is 8.96 Å². The molecule has 0 aliphatic rings. The summed E-state index contributed by atoms with van der Waals surface area (Å²) in [6.07, 6.45) is 1.64. The minimum Gasteiger partial charge on any atom is -0.275 e. The molecule has 56 valence electrons. The fourth-order valence-corrected chi connectivity index (χ4v) is 1.36. The van der Waals surface area contributed by atoms with Gasteiger partial charge in [-0.05, 0) is 18.2 Å². The normalized spacial score (nSPS) is 10.7. The van der Waals surface area contributed by atoms with Gasteiger partial charge in [-0.1, -0.05) is 24.4 Å². The first-order valence-corrected chi connectivity index (χ1v) is 3.87. The van der Waals surface area contributed by atoms with Crippen LogP contribution in [0.4, 0.5) is 0 Å². The van der Waals surface area contributed by atoms with Gasteiger partial charge in [0, 0.05) is 5.02 Å². The smallest absolute Gasteiger partial charge is 0.106 e. The van der Waals surface area contributed by atoms with Crippen molar-refractivity contribution in [3.05, 3.63) is 29.5 Å². The molecule has 0 N–H and O–H groups in total. The molecule has 0 saturated carbocycles. The third kappa shape index (κ3) is 1.10. The van der Waals surface area contributed by atoms with Crippen LogP contribution >= 0.6 is 24.4 Å². The van der Waals surface area contributed by atoms with Crippen molar-refractivity contribution >= 4 is 35.4 Å². The summed E-state index contributed by atoms with van der Waals surface area (Å²) in [7, 11) is 0. The van der Waals surface area contributed by atoms with Crippen LogP contribution in [0.5, 0.6) is 0 Å². The Balaban J connectivity index is 2.86. The highest BCUT2D eigenvalue weighted by atomic mass is 35.5. The Labute approximate surface area is 74.3 Å². The Morgan fingerprint density at radius 2 is 2.27 bits per heavy atom. The standard InChI is InChI=1S/C7H5ClN2S/c8-5-1-2-7-6(3-5)9-4-10(7)11/h1-4,11H. The number of nitrogens with zero attached hydrogens (tertiary/aromatic N) is 2. The Hall–Kier alpha value is -0.670. The van der Waals surface area contributed by atoms with Gasteiger partial charge in [0.05, 0.1) is 11.0 Å². The van der Waals surface area contributed by atoms with E-state index in [9.17, 15) is 0 Å². The Kier molecular flexibility index (Phi) is 1.55. The first-order chi connectivity index (χ1) is 5.27. The number of fused-ring (bicyclic) bond motifs is 1. The van der Waals surface area contributed by atoms with Gasteiger partial charge in [0.1, 0.15) is 6.33 Å². The maximum Gasteiger partial charge on any atom is 0.106 e. The van der Waals surface area contributed by atoms with E-state index < -0.39 is 0 Å². The van der Waals surface area contributed by atoms with Crippen LogP contribution in [0.25, 0.3) is 11.0 Å². The van der Waals surface area contributed by atoms with Crippen LogP contribution in [-0.4, -0.2) is 8.96 Å². The van der Waals surface area contributed by atoms with Gasteiger partial charge >= 0.3 is 0 Å². The largest absolute Gasteiger partial charge is 0.275 e. The fourth-order valence-electron chi connectivity index (χ4n) is 0.973. The molecule has 0 fully saturated rings. The first-order valence-electron chi connectivity index (χ1n) is 3.09. The van der Waals surface area contributed by atoms with Crippen molar-refractivity contribution in [3.63, 3.8) is 0 Å². The summed E-state index contributed by atoms with van der Waals surface area (Å²) >= 11 is 9.90. The molecule has 0 bridgehead atoms. The van der Waals surface area contributed by atoms with Crippen molar-refractivity contribution in [1.29, 1.82) is 0 Å². The van der Waals surface area contributed by atoms with E-state index >= 15 is 0 Å². The predicted molar refractivity (Wildman–Crippen MR) is 49.1 cm³/mol. The highest BCUT2D eigenvalue weighted by molar-refractivity contribution is 7.78. The minimum absolute atomic E-state index is 0.699. The molecule has 0 unspecified atom stereocenters. The molecule has 4 heteroatoms. The second kappa shape index (κ2) is 2.43. The molecule has 2 rings (SSSR count). The second-order valence-electron chi connectivity index (χ2n) is 2.22. The van der Waals surface area contributed by atoms with Crippen LogP contribution in [-0.2, 0) is 0 Å². The van der Waals surface area contributed by atoms with E-state index in [0.717, 1.165) is 11.0 Å². The van der Waals surface area contributed by atoms with Gasteiger partial charge < -0.3 is 0 Å². The molecule has 0 aliphatic heterocycles. The molecule has 2 nitrogen and oxygen atoms in total. The maximum absolute atomic E-state index is 5.75. The van der Waals surface area contributed by atoms with Crippen molar-refractivity contribution in [2.45, 2.75) is 0 Å². The molecule has 1 aromatic heterocycles. The highest BCUT2D eigenvalue weighted by Gasteiger charge is 1.98. The average molecular weight is 185 g/mol. The van der Waals surface area contributed by atoms with Crippen LogP contribution in [0.1, 0.15) is 0 Å². The number of hydrogen-bond acceptors (Lipinski definition) is 2. The summed E-state index contributed by atoms with van der Waals surface area (Å²) < 4.78 is 1.66. The maximum atomic E-state index is 5.75. The molecule has 2 aromatic rings. The van der Waals surface area contributed by atoms with E-state index in [1.54, 1.807) is 10.3 Å². The third-order valence-corrected chi connectivity index (χ3v) is 2.04. The predicted octanol–water partition coefficient (Wildman–Crippen LogP) is 2.38. The molecule has 0 aliphatic carbocycles. The number of hydrogen-bond donors (Lipinski definition) is 1. The molecule has 0 saturated heterocycles. The Morgan fingerprint density at radius 1 is 1.45 bits per heavy atom. The summed E-state index contributed by atoms with van der Waals surface area (Å²) in [5.41, 5.74) is 1.84. The number of halogens is 1. The van der Waals surface area contributed by atoms with Gasteiger partial charge in [0.2, 0.25) is 0 Å². The van der Waals surface area contributed by atoms with Crippen LogP contribution in [0.2, 0.25) is 5.02 Å². The van der Waals surface area contributed by atoms with Crippen LogP contribution in [0.15, 0.2) is 24.5 Å². The highest BCUT2D eigenvalue weighted by Crippen LogP contribution is 2.18. The molecule has 0 radical (unpaired) electrons. The first kappa shape index (κ1) is 7.00. The zero-order valence-corrected chi connectivity index (χ0v) is 7.18. The zero-order valence-electron chi connectivity index (χ0n) is 5.53. The summed E-state index contributed by atoms with van der Waals surface area (Å²) in [5.74, 6) is 0. The molecular formula is C7H5ClN2S. The Bertz CT molecular complexity index is 396. The van der Waals surface area contributed by atoms with Gasteiger partial charge in [-0.25, -0.2) is 4.98 Å². The lowest BCUT2D eigenvalue weighted by Gasteiger charge is -1.91. The van der Waals surface area contributed by atoms with E-state index in [-0.39, 0.29) is 0 Å². The Morgan fingerprint density at radius 3 is 3.09 bits per heavy atom. The zero-order chi connectivity index (χ0) is 7.84. The van der Waals surface area contributed by atoms with E-state index in [0.29, 0.717) is 5.02 Å². The van der Waals surface area contributed by atoms with Crippen molar-refractivity contribution in [2.75, 3.05) is 0 Å². The summed E-state index contributed by atoms with van der Waals surface area (Å²) in [5, 5.41) is 0.699. The van der Waals surface area contributed by atoms with Crippen LogP contribution in [0, 0.1) is 0 Å². The lowest BCUT2D eigenvalue weighted by Crippen LogP contribution is -1.74. The number of rotatable bonds is 0. The van der Waals surface area contributed by atoms with E-state index in [1.165, 1.54) is 0 Å². The van der Waals surface area contributed by atoms with Crippen molar-refractivity contribution in [2.24, 2.45) is 0 Å². The lowest BCUT2D eigenvalue weighted by atomic mass is 10.3. The average Bonchev–Trinajstić information content (AvgIpc) is 2.32. The van der Waals surface area contributed by atoms with Crippen molar-refractivity contribution < 1.29 is 0 Å². The number of benzene rings is 1. The second-order valence-corrected chi connectivity index (χ2v) is 3.09. The van der Waals surface area contributed by atoms with Gasteiger partial charge in [-0.15, -0.1) is 0 Å². The monoisotopic (exact) mass is 184 g/mol. The van der Waals surface area contributed by atoms with Crippen molar-refractivity contribution in [3.8, 4) is 0 Å². The van der Waals surface area contributed by atoms with Gasteiger partial charge in [-0.3, -0.25) is 3.97 Å². The molecule has 0 spiro atoms. The molecule has 11 heavy (non-hydrogen) atoms. The quantitative estimate of drug-likeness (QED) is 0.623. The van der Waals surface area contributed by atoms with Crippen LogP contribution in [0.3, 0.4) is 0 Å². The van der Waals surface area contributed by atoms with Gasteiger partial charge in [0.25, 0.3) is 0 Å². The molecule has 1 aromatic carbocycles. The number of aromatic nitrogens is 2. The van der Waals surface area contributed by atoms with Crippen LogP contribution < -0.4 is 0 Å². The summed E-state index contributed by atoms with van der Waals surface area (Å²) in [6.45, 7) is 0. The summed E-state index contributed by atoms with van der Waals surface area (Å²) in [6, 6.07) is 5.51. The number of thiol groups is 1. The lowest BCUT2D eigenvalue weighted by molar-refractivity contribution is 1.28. The fraction of sp³-hybridized carbons (Fsp3) is 0. The van der Waals surface area contributed by atoms with E-state index in [1.807, 2.05) is 18.2 Å². The molecular weight excluding hydrogens is 180 g/mol. The third-order valence-electron chi connectivity index (χ3n) is 1.49. The van der Waals surface area contributed by atoms with E-state index in [4.69, 9.17) is 11.6 Å². The molecule has 0 amide bonds. The van der Waals surface area contributed by atoms with Gasteiger partial charge in [0.15, 0.2) is 0 Å². The van der Waals surface area contributed by atoms with E-state index in [2.05, 4.69) is 17.8 Å². The topological polar surface area (TPSA) is 17.8 Å². The SMILES string of the molecule is Sn1cnc2cc(Cl)ccc21. The number of imidazole rings is 1. The van der Waals surface area contributed by atoms with Gasteiger partial charge in [-0.2, -0.15) is 0 Å². The summed E-state index contributed by atoms with van der Waals surface area (Å²) in [4.78, 5) is 4.08. The molecule has 0 atom stereocenters.